The van der Waals surface area contributed by atoms with Gasteiger partial charge in [0.2, 0.25) is 0 Å². The van der Waals surface area contributed by atoms with Gasteiger partial charge in [0.15, 0.2) is 9.84 Å². The van der Waals surface area contributed by atoms with E-state index in [9.17, 15) is 13.2 Å². The third-order valence-corrected chi connectivity index (χ3v) is 6.18. The van der Waals surface area contributed by atoms with Gasteiger partial charge in [0.05, 0.1) is 22.8 Å². The van der Waals surface area contributed by atoms with Crippen LogP contribution in [0.3, 0.4) is 0 Å². The number of fused-ring (bicyclic) bond motifs is 1. The number of likely N-dealkylation sites (N-methyl/N-ethyl adjacent to an activating group) is 1. The molecule has 1 aromatic carbocycles. The van der Waals surface area contributed by atoms with E-state index < -0.39 is 9.84 Å². The number of sulfone groups is 1. The van der Waals surface area contributed by atoms with Crippen molar-refractivity contribution in [3.8, 4) is 0 Å². The average Bonchev–Trinajstić information content (AvgIpc) is 2.97. The molecule has 1 atom stereocenters. The van der Waals surface area contributed by atoms with E-state index in [1.165, 1.54) is 0 Å². The first-order valence-electron chi connectivity index (χ1n) is 7.48. The Bertz CT molecular complexity index is 740. The lowest BCUT2D eigenvalue weighted by molar-refractivity contribution is -0.112. The minimum absolute atomic E-state index is 0.0339. The Hall–Kier alpha value is -1.82. The molecule has 6 heteroatoms. The zero-order valence-corrected chi connectivity index (χ0v) is 13.6. The van der Waals surface area contributed by atoms with Crippen molar-refractivity contribution in [3.05, 3.63) is 36.0 Å². The van der Waals surface area contributed by atoms with Crippen LogP contribution in [0.25, 0.3) is 5.57 Å². The summed E-state index contributed by atoms with van der Waals surface area (Å²) in [6.45, 7) is 2.67. The number of amides is 1. The molecule has 2 heterocycles. The fourth-order valence-electron chi connectivity index (χ4n) is 3.18. The molecule has 1 saturated heterocycles. The van der Waals surface area contributed by atoms with Crippen molar-refractivity contribution >= 4 is 27.0 Å². The number of benzene rings is 1. The zero-order chi connectivity index (χ0) is 15.9. The quantitative estimate of drug-likeness (QED) is 0.792. The molecule has 0 aliphatic carbocycles. The van der Waals surface area contributed by atoms with Gasteiger partial charge >= 0.3 is 0 Å². The van der Waals surface area contributed by atoms with Crippen molar-refractivity contribution in [1.82, 2.24) is 4.90 Å². The molecule has 0 bridgehead atoms. The van der Waals surface area contributed by atoms with Gasteiger partial charge in [0.1, 0.15) is 0 Å². The Kier molecular flexibility index (Phi) is 3.72. The maximum absolute atomic E-state index is 12.5. The maximum atomic E-state index is 12.5. The number of para-hydroxylation sites is 1. The lowest BCUT2D eigenvalue weighted by Crippen LogP contribution is -2.32. The highest BCUT2D eigenvalue weighted by atomic mass is 32.2. The molecular formula is C16H20N2O3S. The second-order valence-corrected chi connectivity index (χ2v) is 8.04. The molecule has 5 nitrogen and oxygen atoms in total. The van der Waals surface area contributed by atoms with Crippen molar-refractivity contribution in [2.45, 2.75) is 19.4 Å². The van der Waals surface area contributed by atoms with Gasteiger partial charge in [0.25, 0.3) is 5.91 Å². The van der Waals surface area contributed by atoms with Gasteiger partial charge in [-0.15, -0.1) is 0 Å². The van der Waals surface area contributed by atoms with Crippen LogP contribution < -0.4 is 4.90 Å². The van der Waals surface area contributed by atoms with Crippen LogP contribution in [0.5, 0.6) is 0 Å². The molecular weight excluding hydrogens is 300 g/mol. The predicted molar refractivity (Wildman–Crippen MR) is 87.3 cm³/mol. The van der Waals surface area contributed by atoms with Crippen LogP contribution in [0.4, 0.5) is 5.69 Å². The van der Waals surface area contributed by atoms with Gasteiger partial charge in [0, 0.05) is 31.4 Å². The van der Waals surface area contributed by atoms with Crippen molar-refractivity contribution < 1.29 is 13.2 Å². The number of rotatable bonds is 3. The molecule has 0 spiro atoms. The summed E-state index contributed by atoms with van der Waals surface area (Å²) < 4.78 is 23.4. The number of hydrogen-bond acceptors (Lipinski definition) is 4. The largest absolute Gasteiger partial charge is 0.373 e. The Morgan fingerprint density at radius 1 is 1.36 bits per heavy atom. The maximum Gasteiger partial charge on any atom is 0.260 e. The molecule has 1 unspecified atom stereocenters. The Balaban J connectivity index is 1.95. The third kappa shape index (κ3) is 2.52. The standard InChI is InChI=1S/C16H20N2O3S/c1-3-18(12-8-9-22(20,21)11-12)10-14-13-6-4-5-7-15(13)17(2)16(14)19/h4-7,10,12H,3,8-9,11H2,1-2H3/b14-10-. The normalized spacial score (nSPS) is 24.8. The van der Waals surface area contributed by atoms with E-state index in [1.54, 1.807) is 11.9 Å². The molecule has 1 fully saturated rings. The minimum Gasteiger partial charge on any atom is -0.373 e. The number of nitrogens with zero attached hydrogens (tertiary/aromatic N) is 2. The van der Waals surface area contributed by atoms with E-state index in [1.807, 2.05) is 42.3 Å². The van der Waals surface area contributed by atoms with Crippen LogP contribution >= 0.6 is 0 Å². The Labute approximate surface area is 131 Å². The molecule has 22 heavy (non-hydrogen) atoms. The summed E-state index contributed by atoms with van der Waals surface area (Å²) in [6, 6.07) is 7.64. The van der Waals surface area contributed by atoms with Gasteiger partial charge in [-0.05, 0) is 19.4 Å². The molecule has 0 aromatic heterocycles. The second kappa shape index (κ2) is 5.43. The highest BCUT2D eigenvalue weighted by Crippen LogP contribution is 2.36. The molecule has 2 aliphatic heterocycles. The van der Waals surface area contributed by atoms with Crippen LogP contribution in [0, 0.1) is 0 Å². The summed E-state index contributed by atoms with van der Waals surface area (Å²) >= 11 is 0. The molecule has 2 aliphatic rings. The SMILES string of the molecule is CCN(/C=C1\C(=O)N(C)c2ccccc21)C1CCS(=O)(=O)C1. The average molecular weight is 320 g/mol. The lowest BCUT2D eigenvalue weighted by Gasteiger charge is -2.25. The molecule has 3 rings (SSSR count). The first kappa shape index (κ1) is 15.1. The minimum atomic E-state index is -2.94. The van der Waals surface area contributed by atoms with Gasteiger partial charge in [-0.3, -0.25) is 4.79 Å². The number of carbonyl (C=O) groups excluding carboxylic acids is 1. The summed E-state index contributed by atoms with van der Waals surface area (Å²) in [5.41, 5.74) is 2.45. The van der Waals surface area contributed by atoms with Gasteiger partial charge in [-0.1, -0.05) is 18.2 Å². The number of hydrogen-bond donors (Lipinski definition) is 0. The van der Waals surface area contributed by atoms with Crippen molar-refractivity contribution in [1.29, 1.82) is 0 Å². The first-order chi connectivity index (χ1) is 10.4. The molecule has 0 radical (unpaired) electrons. The number of carbonyl (C=O) groups is 1. The van der Waals surface area contributed by atoms with Gasteiger partial charge < -0.3 is 9.80 Å². The first-order valence-corrected chi connectivity index (χ1v) is 9.30. The number of anilines is 1. The van der Waals surface area contributed by atoms with Gasteiger partial charge in [-0.25, -0.2) is 8.42 Å². The Morgan fingerprint density at radius 2 is 2.09 bits per heavy atom. The molecule has 118 valence electrons. The van der Waals surface area contributed by atoms with Crippen LogP contribution in [0.2, 0.25) is 0 Å². The van der Waals surface area contributed by atoms with E-state index in [0.29, 0.717) is 18.5 Å². The van der Waals surface area contributed by atoms with Crippen LogP contribution in [-0.4, -0.2) is 50.4 Å². The molecule has 1 aromatic rings. The fraction of sp³-hybridized carbons (Fsp3) is 0.438. The summed E-state index contributed by atoms with van der Waals surface area (Å²) in [5, 5.41) is 0. The summed E-state index contributed by atoms with van der Waals surface area (Å²) in [6.07, 6.45) is 2.47. The summed E-state index contributed by atoms with van der Waals surface area (Å²) in [5.74, 6) is 0.374. The lowest BCUT2D eigenvalue weighted by atomic mass is 10.1. The summed E-state index contributed by atoms with van der Waals surface area (Å²) in [4.78, 5) is 16.1. The van der Waals surface area contributed by atoms with Gasteiger partial charge in [-0.2, -0.15) is 0 Å². The highest BCUT2D eigenvalue weighted by Gasteiger charge is 2.33. The Morgan fingerprint density at radius 3 is 2.73 bits per heavy atom. The third-order valence-electron chi connectivity index (χ3n) is 4.43. The topological polar surface area (TPSA) is 57.7 Å². The molecule has 0 N–H and O–H groups in total. The fourth-order valence-corrected chi connectivity index (χ4v) is 4.92. The van der Waals surface area contributed by atoms with Crippen LogP contribution in [0.15, 0.2) is 30.5 Å². The monoisotopic (exact) mass is 320 g/mol. The van der Waals surface area contributed by atoms with E-state index in [2.05, 4.69) is 0 Å². The summed E-state index contributed by atoms with van der Waals surface area (Å²) in [7, 11) is -1.17. The van der Waals surface area contributed by atoms with Crippen LogP contribution in [-0.2, 0) is 14.6 Å². The predicted octanol–water partition coefficient (Wildman–Crippen LogP) is 1.51. The smallest absolute Gasteiger partial charge is 0.260 e. The molecule has 0 saturated carbocycles. The van der Waals surface area contributed by atoms with Crippen LogP contribution in [0.1, 0.15) is 18.9 Å². The zero-order valence-electron chi connectivity index (χ0n) is 12.8. The van der Waals surface area contributed by atoms with Crippen molar-refractivity contribution in [2.24, 2.45) is 0 Å². The van der Waals surface area contributed by atoms with Crippen molar-refractivity contribution in [3.63, 3.8) is 0 Å². The van der Waals surface area contributed by atoms with E-state index in [0.717, 1.165) is 11.3 Å². The van der Waals surface area contributed by atoms with E-state index in [4.69, 9.17) is 0 Å². The molecule has 1 amide bonds. The highest BCUT2D eigenvalue weighted by molar-refractivity contribution is 7.91. The van der Waals surface area contributed by atoms with E-state index >= 15 is 0 Å². The van der Waals surface area contributed by atoms with E-state index in [-0.39, 0.29) is 23.5 Å². The second-order valence-electron chi connectivity index (χ2n) is 5.81. The van der Waals surface area contributed by atoms with Crippen molar-refractivity contribution in [2.75, 3.05) is 30.0 Å².